The van der Waals surface area contributed by atoms with E-state index in [1.165, 1.54) is 7.05 Å². The highest BCUT2D eigenvalue weighted by Gasteiger charge is 2.24. The largest absolute Gasteiger partial charge is 0.355 e. The lowest BCUT2D eigenvalue weighted by atomic mass is 10.2. The monoisotopic (exact) mass is 362 g/mol. The number of aryl methyl sites for hydroxylation is 1. The number of sulfonamides is 1. The molecule has 0 aromatic heterocycles. The zero-order valence-electron chi connectivity index (χ0n) is 11.8. The normalized spacial score (nSPS) is 11.7. The molecular weight excluding hydrogens is 344 g/mol. The van der Waals surface area contributed by atoms with E-state index in [2.05, 4.69) is 21.2 Å². The summed E-state index contributed by atoms with van der Waals surface area (Å²) in [5.41, 5.74) is 0.647. The van der Waals surface area contributed by atoms with Gasteiger partial charge in [0.15, 0.2) is 0 Å². The number of hydrogen-bond acceptors (Lipinski definition) is 3. The average molecular weight is 363 g/mol. The number of halogens is 1. The summed E-state index contributed by atoms with van der Waals surface area (Å²) in [7, 11) is -2.27. The van der Waals surface area contributed by atoms with Gasteiger partial charge in [0.25, 0.3) is 0 Å². The van der Waals surface area contributed by atoms with Gasteiger partial charge < -0.3 is 5.32 Å². The molecule has 1 rings (SSSR count). The summed E-state index contributed by atoms with van der Waals surface area (Å²) >= 11 is 3.26. The number of likely N-dealkylation sites (N-methyl/N-ethyl adjacent to an activating group) is 1. The summed E-state index contributed by atoms with van der Waals surface area (Å²) in [6.07, 6.45) is 0.812. The predicted molar refractivity (Wildman–Crippen MR) is 82.0 cm³/mol. The summed E-state index contributed by atoms with van der Waals surface area (Å²) < 4.78 is 26.6. The quantitative estimate of drug-likeness (QED) is 0.840. The second kappa shape index (κ2) is 7.19. The summed E-state index contributed by atoms with van der Waals surface area (Å²) in [6.45, 7) is 4.02. The molecule has 0 radical (unpaired) electrons. The fraction of sp³-hybridized carbons (Fsp3) is 0.462. The number of hydrogen-bond donors (Lipinski definition) is 1. The maximum atomic E-state index is 12.4. The van der Waals surface area contributed by atoms with Gasteiger partial charge in [-0.15, -0.1) is 0 Å². The lowest BCUT2D eigenvalue weighted by molar-refractivity contribution is -0.121. The van der Waals surface area contributed by atoms with Gasteiger partial charge in [-0.25, -0.2) is 8.42 Å². The van der Waals surface area contributed by atoms with Crippen LogP contribution in [0.1, 0.15) is 18.9 Å². The first-order valence-electron chi connectivity index (χ1n) is 6.28. The number of nitrogens with one attached hydrogen (secondary N) is 1. The van der Waals surface area contributed by atoms with Gasteiger partial charge in [-0.05, 0) is 31.0 Å². The zero-order chi connectivity index (χ0) is 15.3. The summed E-state index contributed by atoms with van der Waals surface area (Å²) in [5, 5.41) is 2.66. The Hall–Kier alpha value is -0.920. The van der Waals surface area contributed by atoms with Gasteiger partial charge in [0.2, 0.25) is 15.9 Å². The third-order valence-electron chi connectivity index (χ3n) is 2.78. The van der Waals surface area contributed by atoms with Crippen LogP contribution in [0.15, 0.2) is 27.6 Å². The Bertz CT molecular complexity index is 587. The number of carbonyl (C=O) groups is 1. The highest BCUT2D eigenvalue weighted by atomic mass is 79.9. The first-order chi connectivity index (χ1) is 9.28. The standard InChI is InChI=1S/C13H19BrN2O3S/c1-4-7-15-13(17)9-16(3)20(18,19)12-8-11(14)6-5-10(12)2/h5-6,8H,4,7,9H2,1-3H3,(H,15,17). The minimum absolute atomic E-state index is 0.186. The Morgan fingerprint density at radius 2 is 2.05 bits per heavy atom. The highest BCUT2D eigenvalue weighted by Crippen LogP contribution is 2.23. The first-order valence-corrected chi connectivity index (χ1v) is 8.51. The van der Waals surface area contributed by atoms with Crippen LogP contribution in [-0.2, 0) is 14.8 Å². The van der Waals surface area contributed by atoms with Crippen LogP contribution in [0.2, 0.25) is 0 Å². The van der Waals surface area contributed by atoms with Gasteiger partial charge in [-0.1, -0.05) is 28.9 Å². The van der Waals surface area contributed by atoms with Crippen molar-refractivity contribution in [1.29, 1.82) is 0 Å². The van der Waals surface area contributed by atoms with Gasteiger partial charge in [-0.3, -0.25) is 4.79 Å². The van der Waals surface area contributed by atoms with Crippen molar-refractivity contribution in [3.63, 3.8) is 0 Å². The molecular formula is C13H19BrN2O3S. The van der Waals surface area contributed by atoms with Crippen LogP contribution in [0.3, 0.4) is 0 Å². The maximum Gasteiger partial charge on any atom is 0.243 e. The van der Waals surface area contributed by atoms with Crippen LogP contribution in [-0.4, -0.2) is 38.8 Å². The van der Waals surface area contributed by atoms with E-state index < -0.39 is 10.0 Å². The molecule has 1 N–H and O–H groups in total. The number of benzene rings is 1. The number of rotatable bonds is 6. The van der Waals surface area contributed by atoms with Crippen molar-refractivity contribution >= 4 is 31.9 Å². The Kier molecular flexibility index (Phi) is 6.16. The molecule has 5 nitrogen and oxygen atoms in total. The molecule has 1 aromatic rings. The molecule has 112 valence electrons. The fourth-order valence-electron chi connectivity index (χ4n) is 1.63. The third-order valence-corrected chi connectivity index (χ3v) is 5.22. The zero-order valence-corrected chi connectivity index (χ0v) is 14.2. The van der Waals surface area contributed by atoms with Crippen LogP contribution in [0, 0.1) is 6.92 Å². The van der Waals surface area contributed by atoms with Crippen molar-refractivity contribution < 1.29 is 13.2 Å². The van der Waals surface area contributed by atoms with Gasteiger partial charge >= 0.3 is 0 Å². The van der Waals surface area contributed by atoms with Crippen molar-refractivity contribution in [2.24, 2.45) is 0 Å². The van der Waals surface area contributed by atoms with Crippen LogP contribution >= 0.6 is 15.9 Å². The van der Waals surface area contributed by atoms with Gasteiger partial charge in [0, 0.05) is 18.1 Å². The molecule has 0 aliphatic carbocycles. The molecule has 0 saturated carbocycles. The molecule has 0 bridgehead atoms. The molecule has 0 atom stereocenters. The molecule has 0 aliphatic rings. The van der Waals surface area contributed by atoms with E-state index in [9.17, 15) is 13.2 Å². The van der Waals surface area contributed by atoms with E-state index in [0.29, 0.717) is 16.6 Å². The topological polar surface area (TPSA) is 66.5 Å². The Morgan fingerprint density at radius 3 is 2.65 bits per heavy atom. The summed E-state index contributed by atoms with van der Waals surface area (Å²) in [6, 6.07) is 5.05. The smallest absolute Gasteiger partial charge is 0.243 e. The molecule has 7 heteroatoms. The van der Waals surface area contributed by atoms with Crippen molar-refractivity contribution in [3.8, 4) is 0 Å². The second-order valence-electron chi connectivity index (χ2n) is 4.52. The lowest BCUT2D eigenvalue weighted by Crippen LogP contribution is -2.38. The number of amides is 1. The van der Waals surface area contributed by atoms with Crippen molar-refractivity contribution in [2.75, 3.05) is 20.1 Å². The molecule has 1 aromatic carbocycles. The van der Waals surface area contributed by atoms with Crippen molar-refractivity contribution in [1.82, 2.24) is 9.62 Å². The molecule has 0 fully saturated rings. The molecule has 0 saturated heterocycles. The van der Waals surface area contributed by atoms with Crippen LogP contribution in [0.25, 0.3) is 0 Å². The van der Waals surface area contributed by atoms with Gasteiger partial charge in [0.1, 0.15) is 0 Å². The predicted octanol–water partition coefficient (Wildman–Crippen LogP) is 1.90. The van der Waals surface area contributed by atoms with Gasteiger partial charge in [0.05, 0.1) is 11.4 Å². The Balaban J connectivity index is 2.93. The van der Waals surface area contributed by atoms with Crippen molar-refractivity contribution in [3.05, 3.63) is 28.2 Å². The molecule has 0 aliphatic heterocycles. The van der Waals surface area contributed by atoms with Crippen LogP contribution in [0.5, 0.6) is 0 Å². The molecule has 0 unspecified atom stereocenters. The van der Waals surface area contributed by atoms with Crippen molar-refractivity contribution in [2.45, 2.75) is 25.2 Å². The molecule has 20 heavy (non-hydrogen) atoms. The van der Waals surface area contributed by atoms with Crippen LogP contribution < -0.4 is 5.32 Å². The van der Waals surface area contributed by atoms with E-state index >= 15 is 0 Å². The second-order valence-corrected chi connectivity index (χ2v) is 7.45. The minimum atomic E-state index is -3.67. The average Bonchev–Trinajstić information content (AvgIpc) is 2.38. The Morgan fingerprint density at radius 1 is 1.40 bits per heavy atom. The minimum Gasteiger partial charge on any atom is -0.355 e. The molecule has 0 heterocycles. The lowest BCUT2D eigenvalue weighted by Gasteiger charge is -2.18. The highest BCUT2D eigenvalue weighted by molar-refractivity contribution is 9.10. The number of carbonyl (C=O) groups excluding carboxylic acids is 1. The SMILES string of the molecule is CCCNC(=O)CN(C)S(=O)(=O)c1cc(Br)ccc1C. The molecule has 0 spiro atoms. The van der Waals surface area contributed by atoms with E-state index in [0.717, 1.165) is 10.7 Å². The molecule has 1 amide bonds. The summed E-state index contributed by atoms with van der Waals surface area (Å²) in [5.74, 6) is -0.300. The fourth-order valence-corrected chi connectivity index (χ4v) is 3.51. The van der Waals surface area contributed by atoms with Crippen LogP contribution in [0.4, 0.5) is 0 Å². The first kappa shape index (κ1) is 17.1. The van der Waals surface area contributed by atoms with Gasteiger partial charge in [-0.2, -0.15) is 4.31 Å². The number of nitrogens with zero attached hydrogens (tertiary/aromatic N) is 1. The van der Waals surface area contributed by atoms with E-state index in [1.807, 2.05) is 6.92 Å². The van der Waals surface area contributed by atoms with E-state index in [4.69, 9.17) is 0 Å². The Labute approximate surface area is 128 Å². The maximum absolute atomic E-state index is 12.4. The third kappa shape index (κ3) is 4.29. The van der Waals surface area contributed by atoms with E-state index in [-0.39, 0.29) is 17.3 Å². The summed E-state index contributed by atoms with van der Waals surface area (Å²) in [4.78, 5) is 11.8. The van der Waals surface area contributed by atoms with E-state index in [1.54, 1.807) is 25.1 Å².